The minimum Gasteiger partial charge on any atom is -0.493 e. The van der Waals surface area contributed by atoms with E-state index in [4.69, 9.17) is 10.5 Å². The number of carbonyl (C=O) groups excluding carboxylic acids is 1. The van der Waals surface area contributed by atoms with Crippen molar-refractivity contribution in [2.75, 3.05) is 11.9 Å². The molecule has 0 bridgehead atoms. The zero-order valence-corrected chi connectivity index (χ0v) is 14.3. The zero-order chi connectivity index (χ0) is 15.4. The number of amides is 1. The number of hydrogen-bond acceptors (Lipinski definition) is 5. The highest BCUT2D eigenvalue weighted by Crippen LogP contribution is 2.29. The van der Waals surface area contributed by atoms with Crippen molar-refractivity contribution < 1.29 is 9.53 Å². The first-order valence-corrected chi connectivity index (χ1v) is 8.24. The Balaban J connectivity index is 0.00000192. The highest BCUT2D eigenvalue weighted by atomic mass is 35.5. The van der Waals surface area contributed by atoms with Gasteiger partial charge < -0.3 is 15.8 Å². The second kappa shape index (κ2) is 8.29. The Bertz CT molecular complexity index is 648. The Morgan fingerprint density at radius 1 is 1.39 bits per heavy atom. The van der Waals surface area contributed by atoms with Crippen molar-refractivity contribution in [3.8, 4) is 5.75 Å². The van der Waals surface area contributed by atoms with Gasteiger partial charge in [0.25, 0.3) is 0 Å². The van der Waals surface area contributed by atoms with Gasteiger partial charge in [-0.15, -0.1) is 23.7 Å². The number of aromatic nitrogens is 1. The van der Waals surface area contributed by atoms with E-state index in [-0.39, 0.29) is 24.4 Å². The van der Waals surface area contributed by atoms with Gasteiger partial charge in [-0.1, -0.05) is 18.2 Å². The zero-order valence-electron chi connectivity index (χ0n) is 12.7. The molecule has 1 heterocycles. The molecule has 0 radical (unpaired) electrons. The van der Waals surface area contributed by atoms with Crippen LogP contribution < -0.4 is 15.8 Å². The van der Waals surface area contributed by atoms with Crippen LogP contribution in [0.15, 0.2) is 30.3 Å². The van der Waals surface area contributed by atoms with E-state index in [9.17, 15) is 4.79 Å². The van der Waals surface area contributed by atoms with Crippen LogP contribution in [0.1, 0.15) is 23.4 Å². The van der Waals surface area contributed by atoms with Crippen LogP contribution >= 0.6 is 23.7 Å². The molecule has 1 amide bonds. The van der Waals surface area contributed by atoms with Gasteiger partial charge in [-0.25, -0.2) is 4.98 Å². The summed E-state index contributed by atoms with van der Waals surface area (Å²) in [4.78, 5) is 17.6. The van der Waals surface area contributed by atoms with Gasteiger partial charge in [0.1, 0.15) is 5.75 Å². The Labute approximate surface area is 145 Å². The van der Waals surface area contributed by atoms with Gasteiger partial charge in [0.2, 0.25) is 5.91 Å². The van der Waals surface area contributed by atoms with Crippen molar-refractivity contribution in [1.82, 2.24) is 4.98 Å². The van der Waals surface area contributed by atoms with Gasteiger partial charge in [-0.3, -0.25) is 4.79 Å². The number of hydrogen-bond donors (Lipinski definition) is 2. The van der Waals surface area contributed by atoms with E-state index in [1.807, 2.05) is 30.3 Å². The fourth-order valence-electron chi connectivity index (χ4n) is 2.41. The molecule has 0 saturated carbocycles. The van der Waals surface area contributed by atoms with Gasteiger partial charge in [-0.05, 0) is 31.4 Å². The molecular weight excluding hydrogens is 334 g/mol. The number of para-hydroxylation sites is 1. The number of nitrogens with zero attached hydrogens (tertiary/aromatic N) is 1. The maximum absolute atomic E-state index is 11.9. The second-order valence-corrected chi connectivity index (χ2v) is 6.44. The molecule has 1 aliphatic carbocycles. The van der Waals surface area contributed by atoms with Gasteiger partial charge >= 0.3 is 0 Å². The molecule has 7 heteroatoms. The molecule has 0 aliphatic heterocycles. The molecule has 23 heavy (non-hydrogen) atoms. The number of rotatable bonds is 5. The minimum atomic E-state index is -0.0775. The maximum Gasteiger partial charge on any atom is 0.229 e. The number of ether oxygens (including phenoxy) is 1. The average molecular weight is 354 g/mol. The monoisotopic (exact) mass is 353 g/mol. The Kier molecular flexibility index (Phi) is 6.38. The third kappa shape index (κ3) is 4.92. The molecule has 1 aliphatic rings. The van der Waals surface area contributed by atoms with Crippen molar-refractivity contribution in [2.24, 2.45) is 5.73 Å². The first-order chi connectivity index (χ1) is 10.7. The largest absolute Gasteiger partial charge is 0.493 e. The van der Waals surface area contributed by atoms with Gasteiger partial charge in [0.05, 0.1) is 18.7 Å². The quantitative estimate of drug-likeness (QED) is 0.866. The summed E-state index contributed by atoms with van der Waals surface area (Å²) >= 11 is 1.53. The van der Waals surface area contributed by atoms with E-state index < -0.39 is 0 Å². The lowest BCUT2D eigenvalue weighted by Gasteiger charge is -2.15. The second-order valence-electron chi connectivity index (χ2n) is 5.35. The van der Waals surface area contributed by atoms with Gasteiger partial charge in [0, 0.05) is 10.9 Å². The fourth-order valence-corrected chi connectivity index (χ4v) is 3.53. The summed E-state index contributed by atoms with van der Waals surface area (Å²) in [6, 6.07) is 9.69. The van der Waals surface area contributed by atoms with Gasteiger partial charge in [-0.2, -0.15) is 0 Å². The van der Waals surface area contributed by atoms with E-state index in [2.05, 4.69) is 10.3 Å². The predicted octanol–water partition coefficient (Wildman–Crippen LogP) is 2.79. The molecule has 0 fully saturated rings. The fraction of sp³-hybridized carbons (Fsp3) is 0.375. The third-order valence-electron chi connectivity index (χ3n) is 3.57. The molecule has 2 aromatic rings. The van der Waals surface area contributed by atoms with Crippen LogP contribution in [0.4, 0.5) is 5.13 Å². The summed E-state index contributed by atoms with van der Waals surface area (Å²) in [5, 5.41) is 3.52. The minimum absolute atomic E-state index is 0. The van der Waals surface area contributed by atoms with Crippen LogP contribution in [0.25, 0.3) is 0 Å². The van der Waals surface area contributed by atoms with Crippen LogP contribution in [-0.4, -0.2) is 23.5 Å². The molecule has 0 unspecified atom stereocenters. The molecule has 0 spiro atoms. The summed E-state index contributed by atoms with van der Waals surface area (Å²) in [6.45, 7) is 0.353. The van der Waals surface area contributed by atoms with E-state index >= 15 is 0 Å². The van der Waals surface area contributed by atoms with Crippen molar-refractivity contribution in [3.05, 3.63) is 40.9 Å². The highest BCUT2D eigenvalue weighted by Gasteiger charge is 2.20. The lowest BCUT2D eigenvalue weighted by molar-refractivity contribution is -0.116. The Hall–Kier alpha value is -1.63. The van der Waals surface area contributed by atoms with Crippen LogP contribution in [0.5, 0.6) is 5.75 Å². The molecule has 1 aromatic carbocycles. The van der Waals surface area contributed by atoms with Crippen molar-refractivity contribution in [1.29, 1.82) is 0 Å². The molecular formula is C16H20ClN3O2S. The number of nitrogens with one attached hydrogen (secondary N) is 1. The number of thiazole rings is 1. The maximum atomic E-state index is 11.9. The molecule has 3 N–H and O–H groups in total. The first-order valence-electron chi connectivity index (χ1n) is 7.42. The normalized spacial score (nSPS) is 16.1. The SMILES string of the molecule is Cl.N[C@H]1CCc2nc(NC(=O)CCOc3ccccc3)sc2C1. The number of anilines is 1. The lowest BCUT2D eigenvalue weighted by atomic mass is 9.99. The standard InChI is InChI=1S/C16H19N3O2S.ClH/c17-11-6-7-13-14(10-11)22-16(18-13)19-15(20)8-9-21-12-4-2-1-3-5-12;/h1-5,11H,6-10,17H2,(H,18,19,20);1H/t11-;/m0./s1. The summed E-state index contributed by atoms with van der Waals surface area (Å²) < 4.78 is 5.52. The summed E-state index contributed by atoms with van der Waals surface area (Å²) in [5.41, 5.74) is 7.04. The summed E-state index contributed by atoms with van der Waals surface area (Å²) in [7, 11) is 0. The van der Waals surface area contributed by atoms with E-state index in [0.29, 0.717) is 18.2 Å². The molecule has 1 aromatic heterocycles. The predicted molar refractivity (Wildman–Crippen MR) is 94.5 cm³/mol. The van der Waals surface area contributed by atoms with E-state index in [1.54, 1.807) is 0 Å². The molecule has 1 atom stereocenters. The van der Waals surface area contributed by atoms with Crippen molar-refractivity contribution >= 4 is 34.8 Å². The molecule has 0 saturated heterocycles. The smallest absolute Gasteiger partial charge is 0.229 e. The summed E-state index contributed by atoms with van der Waals surface area (Å²) in [5.74, 6) is 0.695. The topological polar surface area (TPSA) is 77.2 Å². The summed E-state index contributed by atoms with van der Waals surface area (Å²) in [6.07, 6.45) is 3.04. The highest BCUT2D eigenvalue weighted by molar-refractivity contribution is 7.15. The van der Waals surface area contributed by atoms with Crippen LogP contribution in [0, 0.1) is 0 Å². The van der Waals surface area contributed by atoms with Crippen LogP contribution in [0.2, 0.25) is 0 Å². The van der Waals surface area contributed by atoms with Crippen LogP contribution in [0.3, 0.4) is 0 Å². The number of nitrogens with two attached hydrogens (primary N) is 1. The van der Waals surface area contributed by atoms with Crippen molar-refractivity contribution in [3.63, 3.8) is 0 Å². The Morgan fingerprint density at radius 2 is 2.17 bits per heavy atom. The lowest BCUT2D eigenvalue weighted by Crippen LogP contribution is -2.27. The number of aryl methyl sites for hydroxylation is 1. The molecule has 3 rings (SSSR count). The first kappa shape index (κ1) is 17.7. The number of fused-ring (bicyclic) bond motifs is 1. The van der Waals surface area contributed by atoms with E-state index in [1.165, 1.54) is 16.2 Å². The van der Waals surface area contributed by atoms with E-state index in [0.717, 1.165) is 30.7 Å². The van der Waals surface area contributed by atoms with Crippen LogP contribution in [-0.2, 0) is 17.6 Å². The van der Waals surface area contributed by atoms with Crippen molar-refractivity contribution in [2.45, 2.75) is 31.7 Å². The molecule has 124 valence electrons. The third-order valence-corrected chi connectivity index (χ3v) is 4.60. The van der Waals surface area contributed by atoms with Gasteiger partial charge in [0.15, 0.2) is 5.13 Å². The number of halogens is 1. The molecule has 5 nitrogen and oxygen atoms in total. The number of benzene rings is 1. The Morgan fingerprint density at radius 3 is 2.96 bits per heavy atom. The average Bonchev–Trinajstić information content (AvgIpc) is 2.89. The number of carbonyl (C=O) groups is 1.